The van der Waals surface area contributed by atoms with E-state index in [1.54, 1.807) is 11.1 Å². The molecule has 0 radical (unpaired) electrons. The molecule has 0 saturated carbocycles. The normalized spacial score (nSPS) is 10.5. The Morgan fingerprint density at radius 1 is 1.04 bits per heavy atom. The summed E-state index contributed by atoms with van der Waals surface area (Å²) in [4.78, 5) is 26.3. The largest absolute Gasteiger partial charge is 0.361 e. The molecule has 2 aromatic heterocycles. The van der Waals surface area contributed by atoms with E-state index >= 15 is 0 Å². The summed E-state index contributed by atoms with van der Waals surface area (Å²) in [6.45, 7) is 0. The molecule has 0 unspecified atom stereocenters. The van der Waals surface area contributed by atoms with Crippen LogP contribution in [-0.2, 0) is 0 Å². The number of carbonyl (C=O) groups is 1. The number of amides is 1. The van der Waals surface area contributed by atoms with Crippen molar-refractivity contribution in [2.75, 3.05) is 43.3 Å². The highest BCUT2D eigenvalue weighted by atomic mass is 16.2. The van der Waals surface area contributed by atoms with Gasteiger partial charge in [-0.1, -0.05) is 18.2 Å². The Labute approximate surface area is 151 Å². The summed E-state index contributed by atoms with van der Waals surface area (Å²) < 4.78 is 0. The number of nitrogens with one attached hydrogen (secondary N) is 1. The van der Waals surface area contributed by atoms with Gasteiger partial charge in [-0.15, -0.1) is 5.10 Å². The third kappa shape index (κ3) is 3.61. The molecule has 134 valence electrons. The van der Waals surface area contributed by atoms with Gasteiger partial charge in [0.05, 0.1) is 18.1 Å². The molecule has 9 nitrogen and oxygen atoms in total. The SMILES string of the molecule is CN(C)c1ncc(NC(=O)c2cnn(-c3ccccc3)n2)c(N(C)C)n1. The van der Waals surface area contributed by atoms with Gasteiger partial charge in [0, 0.05) is 28.2 Å². The van der Waals surface area contributed by atoms with E-state index < -0.39 is 0 Å². The second kappa shape index (κ2) is 7.18. The summed E-state index contributed by atoms with van der Waals surface area (Å²) in [6.07, 6.45) is 3.00. The molecule has 0 spiro atoms. The molecule has 0 aliphatic carbocycles. The number of para-hydroxylation sites is 1. The lowest BCUT2D eigenvalue weighted by Crippen LogP contribution is -2.21. The third-order valence-corrected chi connectivity index (χ3v) is 3.54. The maximum atomic E-state index is 12.5. The number of hydrogen-bond donors (Lipinski definition) is 1. The lowest BCUT2D eigenvalue weighted by molar-refractivity contribution is 0.102. The molecule has 9 heteroatoms. The van der Waals surface area contributed by atoms with Crippen LogP contribution in [-0.4, -0.2) is 59.1 Å². The summed E-state index contributed by atoms with van der Waals surface area (Å²) in [5, 5.41) is 11.2. The lowest BCUT2D eigenvalue weighted by atomic mass is 10.3. The van der Waals surface area contributed by atoms with Crippen LogP contribution in [0.1, 0.15) is 10.5 Å². The fraction of sp³-hybridized carbons (Fsp3) is 0.235. The molecule has 3 rings (SSSR count). The van der Waals surface area contributed by atoms with Crippen molar-refractivity contribution in [3.05, 3.63) is 48.4 Å². The summed E-state index contributed by atoms with van der Waals surface area (Å²) in [5.74, 6) is 0.783. The molecule has 1 N–H and O–H groups in total. The molecule has 0 aliphatic rings. The fourth-order valence-electron chi connectivity index (χ4n) is 2.25. The average molecular weight is 352 g/mol. The van der Waals surface area contributed by atoms with Crippen molar-refractivity contribution < 1.29 is 4.79 Å². The van der Waals surface area contributed by atoms with Gasteiger partial charge in [-0.3, -0.25) is 4.79 Å². The van der Waals surface area contributed by atoms with E-state index in [4.69, 9.17) is 0 Å². The van der Waals surface area contributed by atoms with Gasteiger partial charge in [0.25, 0.3) is 5.91 Å². The molecule has 26 heavy (non-hydrogen) atoms. The summed E-state index contributed by atoms with van der Waals surface area (Å²) >= 11 is 0. The van der Waals surface area contributed by atoms with Crippen LogP contribution in [0.3, 0.4) is 0 Å². The van der Waals surface area contributed by atoms with Crippen molar-refractivity contribution in [1.29, 1.82) is 0 Å². The first-order valence-electron chi connectivity index (χ1n) is 7.96. The Hall–Kier alpha value is -3.49. The van der Waals surface area contributed by atoms with Crippen molar-refractivity contribution >= 4 is 23.4 Å². The molecular weight excluding hydrogens is 332 g/mol. The molecule has 0 fully saturated rings. The highest BCUT2D eigenvalue weighted by Crippen LogP contribution is 2.23. The average Bonchev–Trinajstić information content (AvgIpc) is 3.12. The first-order valence-corrected chi connectivity index (χ1v) is 7.96. The predicted molar refractivity (Wildman–Crippen MR) is 100.0 cm³/mol. The molecule has 1 aromatic carbocycles. The van der Waals surface area contributed by atoms with Crippen LogP contribution in [0.5, 0.6) is 0 Å². The minimum absolute atomic E-state index is 0.204. The van der Waals surface area contributed by atoms with Crippen LogP contribution in [0, 0.1) is 0 Å². The molecule has 2 heterocycles. The maximum absolute atomic E-state index is 12.5. The Balaban J connectivity index is 1.83. The highest BCUT2D eigenvalue weighted by Gasteiger charge is 2.16. The molecule has 0 bridgehead atoms. The van der Waals surface area contributed by atoms with Crippen molar-refractivity contribution in [2.45, 2.75) is 0 Å². The van der Waals surface area contributed by atoms with Crippen molar-refractivity contribution in [3.8, 4) is 5.69 Å². The van der Waals surface area contributed by atoms with E-state index in [1.807, 2.05) is 63.4 Å². The van der Waals surface area contributed by atoms with Crippen LogP contribution in [0.4, 0.5) is 17.5 Å². The van der Waals surface area contributed by atoms with E-state index in [0.717, 1.165) is 5.69 Å². The zero-order chi connectivity index (χ0) is 18.7. The first kappa shape index (κ1) is 17.3. The standard InChI is InChI=1S/C17H20N8O/c1-23(2)15-13(10-18-17(21-15)24(3)4)20-16(26)14-11-19-25(22-14)12-8-6-5-7-9-12/h5-11H,1-4H3,(H,20,26). The molecule has 0 saturated heterocycles. The summed E-state index contributed by atoms with van der Waals surface area (Å²) in [6, 6.07) is 9.39. The fourth-order valence-corrected chi connectivity index (χ4v) is 2.25. The number of aromatic nitrogens is 5. The second-order valence-electron chi connectivity index (χ2n) is 6.01. The van der Waals surface area contributed by atoms with Crippen LogP contribution in [0.15, 0.2) is 42.7 Å². The van der Waals surface area contributed by atoms with E-state index in [0.29, 0.717) is 17.5 Å². The summed E-state index contributed by atoms with van der Waals surface area (Å²) in [5.41, 5.74) is 1.48. The second-order valence-corrected chi connectivity index (χ2v) is 6.01. The molecule has 0 aliphatic heterocycles. The van der Waals surface area contributed by atoms with E-state index in [-0.39, 0.29) is 11.6 Å². The topological polar surface area (TPSA) is 92.1 Å². The van der Waals surface area contributed by atoms with Crippen molar-refractivity contribution in [3.63, 3.8) is 0 Å². The smallest absolute Gasteiger partial charge is 0.278 e. The van der Waals surface area contributed by atoms with Crippen LogP contribution >= 0.6 is 0 Å². The van der Waals surface area contributed by atoms with Crippen LogP contribution in [0.25, 0.3) is 5.69 Å². The van der Waals surface area contributed by atoms with Crippen LogP contribution < -0.4 is 15.1 Å². The van der Waals surface area contributed by atoms with Crippen molar-refractivity contribution in [1.82, 2.24) is 25.0 Å². The van der Waals surface area contributed by atoms with E-state index in [2.05, 4.69) is 25.5 Å². The van der Waals surface area contributed by atoms with Crippen molar-refractivity contribution in [2.24, 2.45) is 0 Å². The monoisotopic (exact) mass is 352 g/mol. The van der Waals surface area contributed by atoms with Gasteiger partial charge in [-0.25, -0.2) is 4.98 Å². The number of benzene rings is 1. The van der Waals surface area contributed by atoms with Gasteiger partial charge in [0.1, 0.15) is 5.69 Å². The predicted octanol–water partition coefficient (Wildman–Crippen LogP) is 1.44. The summed E-state index contributed by atoms with van der Waals surface area (Å²) in [7, 11) is 7.41. The van der Waals surface area contributed by atoms with E-state index in [9.17, 15) is 4.79 Å². The van der Waals surface area contributed by atoms with E-state index in [1.165, 1.54) is 11.0 Å². The number of nitrogens with zero attached hydrogens (tertiary/aromatic N) is 7. The van der Waals surface area contributed by atoms with Crippen LogP contribution in [0.2, 0.25) is 0 Å². The van der Waals surface area contributed by atoms with Gasteiger partial charge in [-0.05, 0) is 12.1 Å². The number of rotatable bonds is 5. The lowest BCUT2D eigenvalue weighted by Gasteiger charge is -2.19. The number of carbonyl (C=O) groups excluding carboxylic acids is 1. The maximum Gasteiger partial charge on any atom is 0.278 e. The number of hydrogen-bond acceptors (Lipinski definition) is 7. The van der Waals surface area contributed by atoms with Gasteiger partial charge in [0.15, 0.2) is 11.5 Å². The van der Waals surface area contributed by atoms with Gasteiger partial charge in [-0.2, -0.15) is 14.9 Å². The zero-order valence-electron chi connectivity index (χ0n) is 15.1. The Morgan fingerprint density at radius 2 is 1.77 bits per heavy atom. The number of anilines is 3. The Bertz CT molecular complexity index is 904. The molecule has 3 aromatic rings. The Morgan fingerprint density at radius 3 is 2.42 bits per heavy atom. The Kier molecular flexibility index (Phi) is 4.78. The molecular formula is C17H20N8O. The molecule has 1 amide bonds. The molecule has 0 atom stereocenters. The first-order chi connectivity index (χ1) is 12.5. The van der Waals surface area contributed by atoms with Gasteiger partial charge >= 0.3 is 0 Å². The quantitative estimate of drug-likeness (QED) is 0.743. The van der Waals surface area contributed by atoms with Gasteiger partial charge in [0.2, 0.25) is 5.95 Å². The third-order valence-electron chi connectivity index (χ3n) is 3.54. The minimum Gasteiger partial charge on any atom is -0.361 e. The zero-order valence-corrected chi connectivity index (χ0v) is 15.1. The minimum atomic E-state index is -0.378. The highest BCUT2D eigenvalue weighted by molar-refractivity contribution is 6.04. The van der Waals surface area contributed by atoms with Gasteiger partial charge < -0.3 is 15.1 Å².